The zero-order valence-electron chi connectivity index (χ0n) is 6.95. The van der Waals surface area contributed by atoms with Crippen molar-refractivity contribution in [1.29, 1.82) is 0 Å². The Hall–Kier alpha value is -0.440. The summed E-state index contributed by atoms with van der Waals surface area (Å²) in [6, 6.07) is 6.75. The molecular formula is C9H7Cl3O2. The molecule has 1 aromatic carbocycles. The van der Waals surface area contributed by atoms with E-state index in [-0.39, 0.29) is 0 Å². The molecule has 2 atom stereocenters. The number of aliphatic carboxylic acids is 1. The maximum Gasteiger partial charge on any atom is 0.323 e. The van der Waals surface area contributed by atoms with Gasteiger partial charge in [0.25, 0.3) is 0 Å². The van der Waals surface area contributed by atoms with Gasteiger partial charge in [-0.3, -0.25) is 4.79 Å². The van der Waals surface area contributed by atoms with Crippen LogP contribution in [-0.4, -0.2) is 16.5 Å². The zero-order chi connectivity index (χ0) is 10.7. The van der Waals surface area contributed by atoms with Crippen molar-refractivity contribution in [2.24, 2.45) is 0 Å². The molecule has 0 spiro atoms. The lowest BCUT2D eigenvalue weighted by Gasteiger charge is -2.13. The Morgan fingerprint density at radius 3 is 2.36 bits per heavy atom. The number of carbonyl (C=O) groups is 1. The van der Waals surface area contributed by atoms with Crippen LogP contribution in [0.5, 0.6) is 0 Å². The van der Waals surface area contributed by atoms with Gasteiger partial charge < -0.3 is 5.11 Å². The first-order valence-electron chi connectivity index (χ1n) is 3.79. The largest absolute Gasteiger partial charge is 0.480 e. The minimum Gasteiger partial charge on any atom is -0.480 e. The summed E-state index contributed by atoms with van der Waals surface area (Å²) in [7, 11) is 0. The number of carboxylic acids is 1. The fourth-order valence-corrected chi connectivity index (χ4v) is 1.72. The monoisotopic (exact) mass is 252 g/mol. The minimum atomic E-state index is -1.18. The van der Waals surface area contributed by atoms with Crippen LogP contribution < -0.4 is 0 Å². The Morgan fingerprint density at radius 2 is 1.86 bits per heavy atom. The maximum atomic E-state index is 10.6. The molecule has 0 bridgehead atoms. The van der Waals surface area contributed by atoms with E-state index < -0.39 is 16.7 Å². The van der Waals surface area contributed by atoms with Crippen LogP contribution in [0.25, 0.3) is 0 Å². The second-order valence-electron chi connectivity index (χ2n) is 2.66. The molecule has 1 N–H and O–H groups in total. The van der Waals surface area contributed by atoms with E-state index in [4.69, 9.17) is 39.9 Å². The molecule has 0 aliphatic heterocycles. The number of hydrogen-bond acceptors (Lipinski definition) is 1. The van der Waals surface area contributed by atoms with E-state index in [9.17, 15) is 4.79 Å². The molecule has 0 aliphatic carbocycles. The minimum absolute atomic E-state index is 0.416. The number of rotatable bonds is 3. The van der Waals surface area contributed by atoms with Crippen molar-refractivity contribution in [3.8, 4) is 0 Å². The van der Waals surface area contributed by atoms with E-state index in [0.717, 1.165) is 0 Å². The average molecular weight is 254 g/mol. The summed E-state index contributed by atoms with van der Waals surface area (Å²) >= 11 is 17.3. The average Bonchev–Trinajstić information content (AvgIpc) is 2.16. The summed E-state index contributed by atoms with van der Waals surface area (Å²) in [6.07, 6.45) is 0. The highest BCUT2D eigenvalue weighted by Gasteiger charge is 2.26. The van der Waals surface area contributed by atoms with Crippen LogP contribution in [0.2, 0.25) is 5.02 Å². The van der Waals surface area contributed by atoms with Crippen molar-refractivity contribution in [2.75, 3.05) is 0 Å². The lowest BCUT2D eigenvalue weighted by molar-refractivity contribution is -0.136. The van der Waals surface area contributed by atoms with Crippen LogP contribution in [-0.2, 0) is 4.79 Å². The van der Waals surface area contributed by atoms with Crippen molar-refractivity contribution >= 4 is 40.8 Å². The fraction of sp³-hybridized carbons (Fsp3) is 0.222. The third-order valence-electron chi connectivity index (χ3n) is 1.70. The fourth-order valence-electron chi connectivity index (χ4n) is 0.982. The van der Waals surface area contributed by atoms with Crippen molar-refractivity contribution < 1.29 is 9.90 Å². The molecule has 2 nitrogen and oxygen atoms in total. The first-order valence-corrected chi connectivity index (χ1v) is 5.04. The highest BCUT2D eigenvalue weighted by Crippen LogP contribution is 2.32. The van der Waals surface area contributed by atoms with Crippen LogP contribution in [0, 0.1) is 0 Å². The molecule has 0 unspecified atom stereocenters. The Balaban J connectivity index is 2.94. The Labute approximate surface area is 96.4 Å². The maximum absolute atomic E-state index is 10.6. The predicted molar refractivity (Wildman–Crippen MR) is 57.3 cm³/mol. The molecule has 1 rings (SSSR count). The molecule has 0 saturated heterocycles. The van der Waals surface area contributed by atoms with Crippen LogP contribution in [0.1, 0.15) is 10.9 Å². The van der Waals surface area contributed by atoms with Gasteiger partial charge in [-0.2, -0.15) is 0 Å². The second-order valence-corrected chi connectivity index (χ2v) is 4.01. The van der Waals surface area contributed by atoms with Crippen molar-refractivity contribution in [3.05, 3.63) is 34.9 Å². The summed E-state index contributed by atoms with van der Waals surface area (Å²) < 4.78 is 0. The number of benzene rings is 1. The molecule has 0 heterocycles. The summed E-state index contributed by atoms with van der Waals surface area (Å²) in [6.45, 7) is 0. The van der Waals surface area contributed by atoms with E-state index >= 15 is 0 Å². The molecule has 0 aliphatic rings. The molecule has 1 aromatic rings. The van der Waals surface area contributed by atoms with Crippen LogP contribution >= 0.6 is 34.8 Å². The van der Waals surface area contributed by atoms with Crippen LogP contribution in [0.3, 0.4) is 0 Å². The Morgan fingerprint density at radius 1 is 1.29 bits per heavy atom. The quantitative estimate of drug-likeness (QED) is 0.839. The van der Waals surface area contributed by atoms with Crippen LogP contribution in [0.15, 0.2) is 24.3 Å². The highest BCUT2D eigenvalue weighted by molar-refractivity contribution is 6.38. The third kappa shape index (κ3) is 2.53. The number of hydrogen-bond donors (Lipinski definition) is 1. The molecular weight excluding hydrogens is 246 g/mol. The van der Waals surface area contributed by atoms with Crippen molar-refractivity contribution in [1.82, 2.24) is 0 Å². The molecule has 76 valence electrons. The van der Waals surface area contributed by atoms with E-state index in [0.29, 0.717) is 10.6 Å². The molecule has 0 fully saturated rings. The molecule has 0 saturated carbocycles. The zero-order valence-corrected chi connectivity index (χ0v) is 9.22. The normalized spacial score (nSPS) is 14.8. The summed E-state index contributed by atoms with van der Waals surface area (Å²) in [4.78, 5) is 10.6. The summed E-state index contributed by atoms with van der Waals surface area (Å²) in [5.74, 6) is -1.16. The van der Waals surface area contributed by atoms with E-state index in [2.05, 4.69) is 0 Å². The number of carboxylic acid groups (broad SMARTS) is 1. The molecule has 0 radical (unpaired) electrons. The summed E-state index contributed by atoms with van der Waals surface area (Å²) in [5, 5.41) is 7.05. The second kappa shape index (κ2) is 4.87. The van der Waals surface area contributed by atoms with Crippen molar-refractivity contribution in [3.63, 3.8) is 0 Å². The predicted octanol–water partition coefficient (Wildman–Crippen LogP) is 3.31. The SMILES string of the molecule is O=C(O)[C@H](Cl)[C@H](Cl)c1ccccc1Cl. The van der Waals surface area contributed by atoms with Gasteiger partial charge in [0, 0.05) is 5.02 Å². The third-order valence-corrected chi connectivity index (χ3v) is 3.09. The van der Waals surface area contributed by atoms with Gasteiger partial charge in [0.2, 0.25) is 0 Å². The van der Waals surface area contributed by atoms with Gasteiger partial charge in [-0.1, -0.05) is 29.8 Å². The molecule has 14 heavy (non-hydrogen) atoms. The van der Waals surface area contributed by atoms with Gasteiger partial charge in [0.1, 0.15) is 0 Å². The topological polar surface area (TPSA) is 37.3 Å². The molecule has 0 amide bonds. The van der Waals surface area contributed by atoms with Gasteiger partial charge in [0.05, 0.1) is 5.38 Å². The number of alkyl halides is 2. The van der Waals surface area contributed by atoms with Gasteiger partial charge in [0.15, 0.2) is 5.38 Å². The van der Waals surface area contributed by atoms with E-state index in [1.165, 1.54) is 0 Å². The molecule has 0 aromatic heterocycles. The van der Waals surface area contributed by atoms with E-state index in [1.807, 2.05) is 0 Å². The smallest absolute Gasteiger partial charge is 0.323 e. The molecule has 5 heteroatoms. The lowest BCUT2D eigenvalue weighted by atomic mass is 10.1. The summed E-state index contributed by atoms with van der Waals surface area (Å²) in [5.41, 5.74) is 0.526. The van der Waals surface area contributed by atoms with Crippen LogP contribution in [0.4, 0.5) is 0 Å². The lowest BCUT2D eigenvalue weighted by Crippen LogP contribution is -2.18. The highest BCUT2D eigenvalue weighted by atomic mass is 35.5. The first kappa shape index (κ1) is 11.6. The Bertz CT molecular complexity index is 341. The van der Waals surface area contributed by atoms with Gasteiger partial charge in [-0.25, -0.2) is 0 Å². The van der Waals surface area contributed by atoms with E-state index in [1.54, 1.807) is 24.3 Å². The standard InChI is InChI=1S/C9H7Cl3O2/c10-6-4-2-1-3-5(6)7(11)8(12)9(13)14/h1-4,7-8H,(H,13,14)/t7-,8-/m1/s1. The van der Waals surface area contributed by atoms with Gasteiger partial charge >= 0.3 is 5.97 Å². The van der Waals surface area contributed by atoms with Gasteiger partial charge in [-0.15, -0.1) is 23.2 Å². The first-order chi connectivity index (χ1) is 6.54. The van der Waals surface area contributed by atoms with Crippen molar-refractivity contribution in [2.45, 2.75) is 10.8 Å². The number of halogens is 3. The Kier molecular flexibility index (Phi) is 4.05. The van der Waals surface area contributed by atoms with Gasteiger partial charge in [-0.05, 0) is 11.6 Å².